The quantitative estimate of drug-likeness (QED) is 0.663. The van der Waals surface area contributed by atoms with E-state index in [1.54, 1.807) is 18.3 Å². The van der Waals surface area contributed by atoms with E-state index in [1.807, 2.05) is 0 Å². The van der Waals surface area contributed by atoms with Gasteiger partial charge < -0.3 is 29.6 Å². The van der Waals surface area contributed by atoms with Crippen LogP contribution in [0, 0.1) is 0 Å². The summed E-state index contributed by atoms with van der Waals surface area (Å²) in [6.45, 7) is 0.107. The van der Waals surface area contributed by atoms with Crippen LogP contribution in [0.25, 0.3) is 0 Å². The number of ether oxygens (including phenoxy) is 4. The molecule has 9 heteroatoms. The molecule has 1 aromatic carbocycles. The number of methoxy groups -OCH3 is 4. The van der Waals surface area contributed by atoms with Crippen molar-refractivity contribution >= 4 is 11.8 Å². The van der Waals surface area contributed by atoms with Gasteiger partial charge in [0.05, 0.1) is 35.0 Å². The van der Waals surface area contributed by atoms with E-state index in [0.717, 1.165) is 5.56 Å². The zero-order chi connectivity index (χ0) is 20.5. The molecule has 0 unspecified atom stereocenters. The van der Waals surface area contributed by atoms with Crippen molar-refractivity contribution in [3.05, 3.63) is 41.6 Å². The van der Waals surface area contributed by atoms with E-state index in [9.17, 15) is 9.59 Å². The Morgan fingerprint density at radius 3 is 2.18 bits per heavy atom. The highest BCUT2D eigenvalue weighted by atomic mass is 16.5. The van der Waals surface area contributed by atoms with Crippen LogP contribution in [0.5, 0.6) is 23.1 Å². The minimum Gasteiger partial charge on any atom is -0.493 e. The van der Waals surface area contributed by atoms with E-state index in [-0.39, 0.29) is 24.6 Å². The Kier molecular flexibility index (Phi) is 7.44. The number of hydrogen-bond donors (Lipinski definition) is 2. The summed E-state index contributed by atoms with van der Waals surface area (Å²) in [5.74, 6) is 0.761. The second-order valence-corrected chi connectivity index (χ2v) is 5.58. The maximum absolute atomic E-state index is 12.4. The molecule has 2 rings (SSSR count). The SMILES string of the molecule is COc1cc(CNC(=O)CNC(=O)c2cc(OC)c(OC)c(OC)c2)ccn1. The lowest BCUT2D eigenvalue weighted by molar-refractivity contribution is -0.120. The van der Waals surface area contributed by atoms with Gasteiger partial charge in [-0.1, -0.05) is 0 Å². The van der Waals surface area contributed by atoms with Gasteiger partial charge in [-0.05, 0) is 23.8 Å². The van der Waals surface area contributed by atoms with Gasteiger partial charge in [0.2, 0.25) is 17.5 Å². The highest BCUT2D eigenvalue weighted by Crippen LogP contribution is 2.38. The van der Waals surface area contributed by atoms with Gasteiger partial charge in [-0.3, -0.25) is 9.59 Å². The molecule has 0 atom stereocenters. The van der Waals surface area contributed by atoms with Gasteiger partial charge >= 0.3 is 0 Å². The number of aromatic nitrogens is 1. The van der Waals surface area contributed by atoms with E-state index >= 15 is 0 Å². The molecule has 0 aliphatic carbocycles. The van der Waals surface area contributed by atoms with Crippen molar-refractivity contribution in [2.75, 3.05) is 35.0 Å². The summed E-state index contributed by atoms with van der Waals surface area (Å²) in [5.41, 5.74) is 1.11. The Bertz CT molecular complexity index is 815. The molecule has 9 nitrogen and oxygen atoms in total. The Hall–Kier alpha value is -3.49. The van der Waals surface area contributed by atoms with Crippen LogP contribution >= 0.6 is 0 Å². The van der Waals surface area contributed by atoms with Crippen LogP contribution in [0.2, 0.25) is 0 Å². The smallest absolute Gasteiger partial charge is 0.251 e. The normalized spacial score (nSPS) is 10.0. The molecule has 2 amide bonds. The number of benzene rings is 1. The Morgan fingerprint density at radius 2 is 1.61 bits per heavy atom. The topological polar surface area (TPSA) is 108 Å². The molecule has 0 radical (unpaired) electrons. The maximum Gasteiger partial charge on any atom is 0.251 e. The Labute approximate surface area is 163 Å². The summed E-state index contributed by atoms with van der Waals surface area (Å²) < 4.78 is 20.7. The second kappa shape index (κ2) is 10.0. The lowest BCUT2D eigenvalue weighted by Crippen LogP contribution is -2.36. The minimum atomic E-state index is -0.444. The fraction of sp³-hybridized carbons (Fsp3) is 0.316. The predicted octanol–water partition coefficient (Wildman–Crippen LogP) is 1.16. The number of amides is 2. The van der Waals surface area contributed by atoms with Gasteiger partial charge in [0, 0.05) is 24.4 Å². The van der Waals surface area contributed by atoms with Crippen molar-refractivity contribution in [2.24, 2.45) is 0 Å². The van der Waals surface area contributed by atoms with Crippen molar-refractivity contribution < 1.29 is 28.5 Å². The first-order valence-electron chi connectivity index (χ1n) is 8.36. The van der Waals surface area contributed by atoms with E-state index in [1.165, 1.54) is 40.6 Å². The third-order valence-electron chi connectivity index (χ3n) is 3.83. The molecule has 1 heterocycles. The van der Waals surface area contributed by atoms with E-state index in [4.69, 9.17) is 18.9 Å². The molecule has 0 saturated carbocycles. The number of nitrogens with zero attached hydrogens (tertiary/aromatic N) is 1. The standard InChI is InChI=1S/C19H23N3O6/c1-25-14-8-13(9-15(26-2)18(14)28-4)19(24)22-11-16(23)21-10-12-5-6-20-17(7-12)27-3/h5-9H,10-11H2,1-4H3,(H,21,23)(H,22,24). The number of nitrogens with one attached hydrogen (secondary N) is 2. The molecule has 28 heavy (non-hydrogen) atoms. The number of carbonyl (C=O) groups is 2. The van der Waals surface area contributed by atoms with Crippen molar-refractivity contribution in [3.63, 3.8) is 0 Å². The maximum atomic E-state index is 12.4. The fourth-order valence-corrected chi connectivity index (χ4v) is 2.41. The number of carbonyl (C=O) groups excluding carboxylic acids is 2. The van der Waals surface area contributed by atoms with Gasteiger partial charge in [0.15, 0.2) is 11.5 Å². The van der Waals surface area contributed by atoms with Gasteiger partial charge in [-0.2, -0.15) is 0 Å². The van der Waals surface area contributed by atoms with Crippen LogP contribution in [0.1, 0.15) is 15.9 Å². The minimum absolute atomic E-state index is 0.183. The Morgan fingerprint density at radius 1 is 0.929 bits per heavy atom. The zero-order valence-electron chi connectivity index (χ0n) is 16.2. The van der Waals surface area contributed by atoms with Crippen LogP contribution in [-0.4, -0.2) is 51.8 Å². The molecule has 0 spiro atoms. The largest absolute Gasteiger partial charge is 0.493 e. The van der Waals surface area contributed by atoms with Crippen LogP contribution in [-0.2, 0) is 11.3 Å². The van der Waals surface area contributed by atoms with Gasteiger partial charge in [-0.15, -0.1) is 0 Å². The van der Waals surface area contributed by atoms with E-state index < -0.39 is 5.91 Å². The van der Waals surface area contributed by atoms with E-state index in [0.29, 0.717) is 23.1 Å². The predicted molar refractivity (Wildman–Crippen MR) is 101 cm³/mol. The summed E-state index contributed by atoms with van der Waals surface area (Å²) in [4.78, 5) is 28.4. The molecular formula is C19H23N3O6. The number of pyridine rings is 1. The molecule has 0 aliphatic heterocycles. The molecule has 1 aromatic heterocycles. The first-order chi connectivity index (χ1) is 13.5. The third-order valence-corrected chi connectivity index (χ3v) is 3.83. The molecule has 0 aliphatic rings. The zero-order valence-corrected chi connectivity index (χ0v) is 16.2. The molecular weight excluding hydrogens is 366 g/mol. The molecule has 0 fully saturated rings. The average molecular weight is 389 g/mol. The highest BCUT2D eigenvalue weighted by molar-refractivity contribution is 5.97. The summed E-state index contributed by atoms with van der Waals surface area (Å²) in [7, 11) is 5.91. The van der Waals surface area contributed by atoms with Crippen LogP contribution in [0.3, 0.4) is 0 Å². The number of rotatable bonds is 9. The monoisotopic (exact) mass is 389 g/mol. The summed E-state index contributed by atoms with van der Waals surface area (Å²) >= 11 is 0. The van der Waals surface area contributed by atoms with Gasteiger partial charge in [-0.25, -0.2) is 4.98 Å². The highest BCUT2D eigenvalue weighted by Gasteiger charge is 2.17. The Balaban J connectivity index is 1.94. The van der Waals surface area contributed by atoms with Crippen molar-refractivity contribution in [1.82, 2.24) is 15.6 Å². The summed E-state index contributed by atoms with van der Waals surface area (Å²) in [6.07, 6.45) is 1.59. The summed E-state index contributed by atoms with van der Waals surface area (Å²) in [6, 6.07) is 6.50. The molecule has 2 N–H and O–H groups in total. The summed E-state index contributed by atoms with van der Waals surface area (Å²) in [5, 5.41) is 5.27. The lowest BCUT2D eigenvalue weighted by Gasteiger charge is -2.14. The van der Waals surface area contributed by atoms with Crippen molar-refractivity contribution in [2.45, 2.75) is 6.54 Å². The molecule has 0 bridgehead atoms. The van der Waals surface area contributed by atoms with Gasteiger partial charge in [0.1, 0.15) is 0 Å². The van der Waals surface area contributed by atoms with Crippen LogP contribution < -0.4 is 29.6 Å². The van der Waals surface area contributed by atoms with Crippen molar-refractivity contribution in [1.29, 1.82) is 0 Å². The first kappa shape index (κ1) is 20.8. The molecule has 0 saturated heterocycles. The third kappa shape index (κ3) is 5.26. The second-order valence-electron chi connectivity index (χ2n) is 5.58. The lowest BCUT2D eigenvalue weighted by atomic mass is 10.1. The molecule has 2 aromatic rings. The van der Waals surface area contributed by atoms with Crippen molar-refractivity contribution in [3.8, 4) is 23.1 Å². The van der Waals surface area contributed by atoms with Gasteiger partial charge in [0.25, 0.3) is 5.91 Å². The van der Waals surface area contributed by atoms with Crippen LogP contribution in [0.4, 0.5) is 0 Å². The number of hydrogen-bond acceptors (Lipinski definition) is 7. The first-order valence-corrected chi connectivity index (χ1v) is 8.36. The average Bonchev–Trinajstić information content (AvgIpc) is 2.74. The van der Waals surface area contributed by atoms with E-state index in [2.05, 4.69) is 15.6 Å². The van der Waals surface area contributed by atoms with Crippen LogP contribution in [0.15, 0.2) is 30.5 Å². The molecule has 150 valence electrons. The fourth-order valence-electron chi connectivity index (χ4n) is 2.41.